The third kappa shape index (κ3) is 2.37. The van der Waals surface area contributed by atoms with Gasteiger partial charge < -0.3 is 4.74 Å². The molecule has 2 unspecified atom stereocenters. The van der Waals surface area contributed by atoms with Crippen molar-refractivity contribution in [3.63, 3.8) is 0 Å². The first kappa shape index (κ1) is 10.2. The van der Waals surface area contributed by atoms with Crippen molar-refractivity contribution in [2.75, 3.05) is 0 Å². The zero-order chi connectivity index (χ0) is 10.1. The molecule has 1 nitrogen and oxygen atoms in total. The van der Waals surface area contributed by atoms with Crippen LogP contribution in [0.1, 0.15) is 24.5 Å². The Labute approximate surface area is 93.6 Å². The highest BCUT2D eigenvalue weighted by Gasteiger charge is 2.33. The molecule has 0 radical (unpaired) electrons. The molecule has 14 heavy (non-hydrogen) atoms. The molecule has 1 saturated heterocycles. The van der Waals surface area contributed by atoms with Gasteiger partial charge in [0, 0.05) is 4.47 Å². The summed E-state index contributed by atoms with van der Waals surface area (Å²) >= 11 is 3.51. The molecule has 2 atom stereocenters. The van der Waals surface area contributed by atoms with E-state index < -0.39 is 0 Å². The van der Waals surface area contributed by atoms with Gasteiger partial charge in [-0.1, -0.05) is 28.1 Å². The highest BCUT2D eigenvalue weighted by atomic mass is 79.9. The van der Waals surface area contributed by atoms with Crippen molar-refractivity contribution in [2.45, 2.75) is 38.9 Å². The zero-order valence-electron chi connectivity index (χ0n) is 8.59. The van der Waals surface area contributed by atoms with Gasteiger partial charge >= 0.3 is 0 Å². The van der Waals surface area contributed by atoms with Crippen molar-refractivity contribution >= 4 is 15.9 Å². The molecular formula is C12H15BrO. The Kier molecular flexibility index (Phi) is 2.93. The average molecular weight is 255 g/mol. The molecule has 1 aromatic rings. The van der Waals surface area contributed by atoms with Crippen molar-refractivity contribution in [1.29, 1.82) is 0 Å². The second-order valence-corrected chi connectivity index (χ2v) is 4.86. The van der Waals surface area contributed by atoms with E-state index in [1.54, 1.807) is 0 Å². The molecule has 0 amide bonds. The van der Waals surface area contributed by atoms with Gasteiger partial charge in [0.15, 0.2) is 0 Å². The van der Waals surface area contributed by atoms with Crippen LogP contribution in [-0.2, 0) is 11.2 Å². The summed E-state index contributed by atoms with van der Waals surface area (Å²) in [5.74, 6) is 0. The van der Waals surface area contributed by atoms with E-state index in [0.29, 0.717) is 12.2 Å². The number of hydrogen-bond acceptors (Lipinski definition) is 1. The van der Waals surface area contributed by atoms with Crippen molar-refractivity contribution < 1.29 is 4.74 Å². The van der Waals surface area contributed by atoms with Gasteiger partial charge in [0.25, 0.3) is 0 Å². The Morgan fingerprint density at radius 1 is 1.43 bits per heavy atom. The first-order chi connectivity index (χ1) is 6.66. The topological polar surface area (TPSA) is 12.5 Å². The monoisotopic (exact) mass is 254 g/mol. The molecule has 0 bridgehead atoms. The van der Waals surface area contributed by atoms with Crippen LogP contribution in [0.3, 0.4) is 0 Å². The molecule has 0 saturated carbocycles. The van der Waals surface area contributed by atoms with Gasteiger partial charge in [-0.3, -0.25) is 0 Å². The maximum Gasteiger partial charge on any atom is 0.0842 e. The Morgan fingerprint density at radius 2 is 2.14 bits per heavy atom. The second-order valence-electron chi connectivity index (χ2n) is 4.00. The minimum atomic E-state index is 0.492. The predicted molar refractivity (Wildman–Crippen MR) is 61.5 cm³/mol. The Bertz CT molecular complexity index is 335. The summed E-state index contributed by atoms with van der Waals surface area (Å²) in [6.45, 7) is 4.27. The van der Waals surface area contributed by atoms with Crippen molar-refractivity contribution in [2.24, 2.45) is 0 Å². The predicted octanol–water partition coefficient (Wildman–Crippen LogP) is 3.48. The van der Waals surface area contributed by atoms with E-state index in [-0.39, 0.29) is 0 Å². The van der Waals surface area contributed by atoms with Crippen LogP contribution < -0.4 is 0 Å². The molecule has 1 aromatic carbocycles. The molecule has 1 fully saturated rings. The highest BCUT2D eigenvalue weighted by molar-refractivity contribution is 9.10. The zero-order valence-corrected chi connectivity index (χ0v) is 10.2. The van der Waals surface area contributed by atoms with Crippen LogP contribution in [-0.4, -0.2) is 12.2 Å². The van der Waals surface area contributed by atoms with Crippen molar-refractivity contribution in [1.82, 2.24) is 0 Å². The molecule has 0 aliphatic carbocycles. The molecule has 1 aliphatic heterocycles. The maximum absolute atomic E-state index is 5.38. The largest absolute Gasteiger partial charge is 0.370 e. The molecule has 2 rings (SSSR count). The van der Waals surface area contributed by atoms with Gasteiger partial charge in [-0.25, -0.2) is 0 Å². The van der Waals surface area contributed by atoms with Crippen molar-refractivity contribution in [3.8, 4) is 0 Å². The van der Waals surface area contributed by atoms with Gasteiger partial charge in [0.05, 0.1) is 12.2 Å². The van der Waals surface area contributed by atoms with E-state index >= 15 is 0 Å². The summed E-state index contributed by atoms with van der Waals surface area (Å²) in [6, 6.07) is 6.56. The lowest BCUT2D eigenvalue weighted by molar-refractivity contribution is 0.370. The van der Waals surface area contributed by atoms with Crippen LogP contribution in [0.5, 0.6) is 0 Å². The van der Waals surface area contributed by atoms with E-state index in [9.17, 15) is 0 Å². The van der Waals surface area contributed by atoms with Crippen LogP contribution >= 0.6 is 15.9 Å². The normalized spacial score (nSPS) is 25.1. The Hall–Kier alpha value is -0.340. The van der Waals surface area contributed by atoms with Crippen LogP contribution in [0.2, 0.25) is 0 Å². The quantitative estimate of drug-likeness (QED) is 0.753. The van der Waals surface area contributed by atoms with Gasteiger partial charge in [-0.05, 0) is 43.9 Å². The number of epoxide rings is 1. The minimum Gasteiger partial charge on any atom is -0.370 e. The first-order valence-corrected chi connectivity index (χ1v) is 5.86. The average Bonchev–Trinajstić information content (AvgIpc) is 2.85. The number of aryl methyl sites for hydroxylation is 2. The van der Waals surface area contributed by atoms with Gasteiger partial charge in [0.2, 0.25) is 0 Å². The summed E-state index contributed by atoms with van der Waals surface area (Å²) in [6.07, 6.45) is 3.29. The summed E-state index contributed by atoms with van der Waals surface area (Å²) in [5, 5.41) is 0. The molecule has 2 heteroatoms. The summed E-state index contributed by atoms with van der Waals surface area (Å²) < 4.78 is 6.58. The third-order valence-corrected chi connectivity index (χ3v) is 3.67. The lowest BCUT2D eigenvalue weighted by Crippen LogP contribution is -1.94. The lowest BCUT2D eigenvalue weighted by Gasteiger charge is -2.02. The molecule has 76 valence electrons. The van der Waals surface area contributed by atoms with E-state index in [2.05, 4.69) is 48.0 Å². The van der Waals surface area contributed by atoms with Gasteiger partial charge in [-0.2, -0.15) is 0 Å². The van der Waals surface area contributed by atoms with Crippen molar-refractivity contribution in [3.05, 3.63) is 33.8 Å². The van der Waals surface area contributed by atoms with E-state index in [4.69, 9.17) is 4.74 Å². The fraction of sp³-hybridized carbons (Fsp3) is 0.500. The van der Waals surface area contributed by atoms with E-state index in [1.165, 1.54) is 15.6 Å². The number of rotatable bonds is 3. The van der Waals surface area contributed by atoms with Gasteiger partial charge in [0.1, 0.15) is 0 Å². The highest BCUT2D eigenvalue weighted by Crippen LogP contribution is 2.26. The Morgan fingerprint density at radius 3 is 2.71 bits per heavy atom. The van der Waals surface area contributed by atoms with Crippen LogP contribution in [0.15, 0.2) is 22.7 Å². The lowest BCUT2D eigenvalue weighted by atomic mass is 10.1. The number of ether oxygens (including phenoxy) is 1. The van der Waals surface area contributed by atoms with Crippen LogP contribution in [0.4, 0.5) is 0 Å². The number of hydrogen-bond donors (Lipinski definition) is 0. The SMILES string of the molecule is Cc1cc(CCC2OC2C)ccc1Br. The Balaban J connectivity index is 1.92. The maximum atomic E-state index is 5.38. The molecule has 0 aromatic heterocycles. The molecular weight excluding hydrogens is 240 g/mol. The standard InChI is InChI=1S/C12H15BrO/c1-8-7-10(3-5-11(8)13)4-6-12-9(2)14-12/h3,5,7,9,12H,4,6H2,1-2H3. The fourth-order valence-electron chi connectivity index (χ4n) is 1.70. The number of benzene rings is 1. The summed E-state index contributed by atoms with van der Waals surface area (Å²) in [7, 11) is 0. The summed E-state index contributed by atoms with van der Waals surface area (Å²) in [4.78, 5) is 0. The molecule has 1 heterocycles. The summed E-state index contributed by atoms with van der Waals surface area (Å²) in [5.41, 5.74) is 2.72. The molecule has 1 aliphatic rings. The molecule has 0 spiro atoms. The van der Waals surface area contributed by atoms with Crippen LogP contribution in [0.25, 0.3) is 0 Å². The smallest absolute Gasteiger partial charge is 0.0842 e. The van der Waals surface area contributed by atoms with E-state index in [1.807, 2.05) is 0 Å². The fourth-order valence-corrected chi connectivity index (χ4v) is 1.95. The van der Waals surface area contributed by atoms with Gasteiger partial charge in [-0.15, -0.1) is 0 Å². The molecule has 0 N–H and O–H groups in total. The first-order valence-electron chi connectivity index (χ1n) is 5.07. The van der Waals surface area contributed by atoms with E-state index in [0.717, 1.165) is 12.8 Å². The minimum absolute atomic E-state index is 0.492. The van der Waals surface area contributed by atoms with Crippen LogP contribution in [0, 0.1) is 6.92 Å². The number of halogens is 1. The second kappa shape index (κ2) is 4.03. The third-order valence-electron chi connectivity index (χ3n) is 2.78.